The number of fused-ring (bicyclic) bond motifs is 4. The summed E-state index contributed by atoms with van der Waals surface area (Å²) in [4.78, 5) is 15.2. The highest BCUT2D eigenvalue weighted by atomic mass is 32.2. The number of amides is 1. The van der Waals surface area contributed by atoms with Crippen LogP contribution in [0.25, 0.3) is 0 Å². The molecule has 1 saturated heterocycles. The van der Waals surface area contributed by atoms with E-state index in [9.17, 15) is 22.7 Å². The van der Waals surface area contributed by atoms with Crippen molar-refractivity contribution >= 4 is 15.9 Å². The average Bonchev–Trinajstić information content (AvgIpc) is 3.33. The first kappa shape index (κ1) is 26.6. The molecule has 36 heavy (non-hydrogen) atoms. The van der Waals surface area contributed by atoms with Gasteiger partial charge in [0.05, 0.1) is 4.90 Å². The van der Waals surface area contributed by atoms with E-state index in [0.717, 1.165) is 43.9 Å². The number of carbonyl (C=O) groups excluding carboxylic acids is 1. The zero-order valence-corrected chi connectivity index (χ0v) is 22.4. The third kappa shape index (κ3) is 4.54. The number of piperidine rings is 1. The van der Waals surface area contributed by atoms with Gasteiger partial charge in [0.15, 0.2) is 0 Å². The Morgan fingerprint density at radius 1 is 1.14 bits per heavy atom. The molecule has 6 nitrogen and oxygen atoms in total. The first-order valence-corrected chi connectivity index (χ1v) is 14.2. The summed E-state index contributed by atoms with van der Waals surface area (Å²) in [6.45, 7) is 9.38. The lowest BCUT2D eigenvalue weighted by atomic mass is 9.51. The van der Waals surface area contributed by atoms with Crippen LogP contribution in [-0.4, -0.2) is 36.9 Å². The number of benzene rings is 2. The van der Waals surface area contributed by atoms with Gasteiger partial charge in [-0.25, -0.2) is 17.9 Å². The molecule has 2 aromatic carbocycles. The Morgan fingerprint density at radius 2 is 1.81 bits per heavy atom. The fraction of sp³-hybridized carbons (Fsp3) is 0.536. The molecule has 1 aliphatic heterocycles. The van der Waals surface area contributed by atoms with Crippen LogP contribution >= 0.6 is 0 Å². The van der Waals surface area contributed by atoms with Crippen molar-refractivity contribution in [1.29, 1.82) is 0 Å². The van der Waals surface area contributed by atoms with E-state index in [1.54, 1.807) is 13.0 Å². The number of primary sulfonamides is 1. The fourth-order valence-electron chi connectivity index (χ4n) is 6.48. The number of aromatic hydroxyl groups is 1. The lowest BCUT2D eigenvalue weighted by Crippen LogP contribution is -2.65. The van der Waals surface area contributed by atoms with E-state index in [1.807, 2.05) is 6.07 Å². The number of hydrogen-bond acceptors (Lipinski definition) is 4. The molecule has 1 amide bonds. The number of nitrogens with zero attached hydrogens (tertiary/aromatic N) is 1. The Labute approximate surface area is 213 Å². The van der Waals surface area contributed by atoms with Crippen molar-refractivity contribution in [2.24, 2.45) is 16.5 Å². The highest BCUT2D eigenvalue weighted by Gasteiger charge is 2.57. The number of nitrogens with two attached hydrogens (primary N) is 1. The number of carbonyl (C=O) groups is 1. The van der Waals surface area contributed by atoms with Gasteiger partial charge < -0.3 is 10.0 Å². The van der Waals surface area contributed by atoms with E-state index in [0.29, 0.717) is 17.2 Å². The second-order valence-electron chi connectivity index (χ2n) is 11.3. The molecule has 2 aliphatic carbocycles. The number of phenolic OH excluding ortho intramolecular Hbond substituents is 1. The number of halogens is 1. The molecule has 1 heterocycles. The summed E-state index contributed by atoms with van der Waals surface area (Å²) >= 11 is 0. The monoisotopic (exact) mass is 516 g/mol. The van der Waals surface area contributed by atoms with Crippen LogP contribution in [0.5, 0.6) is 5.75 Å². The highest BCUT2D eigenvalue weighted by molar-refractivity contribution is 7.89. The van der Waals surface area contributed by atoms with Crippen molar-refractivity contribution in [2.45, 2.75) is 82.6 Å². The second kappa shape index (κ2) is 9.45. The molecule has 2 fully saturated rings. The Morgan fingerprint density at radius 3 is 2.42 bits per heavy atom. The van der Waals surface area contributed by atoms with Crippen molar-refractivity contribution in [3.63, 3.8) is 0 Å². The third-order valence-electron chi connectivity index (χ3n) is 9.07. The van der Waals surface area contributed by atoms with Crippen molar-refractivity contribution in [3.8, 4) is 5.75 Å². The van der Waals surface area contributed by atoms with E-state index >= 15 is 0 Å². The van der Waals surface area contributed by atoms with Crippen LogP contribution in [0.2, 0.25) is 0 Å². The summed E-state index contributed by atoms with van der Waals surface area (Å²) in [5.41, 5.74) is 2.82. The van der Waals surface area contributed by atoms with Crippen molar-refractivity contribution < 1.29 is 22.7 Å². The Kier molecular flexibility index (Phi) is 6.99. The normalized spacial score (nSPS) is 25.1. The average molecular weight is 517 g/mol. The summed E-state index contributed by atoms with van der Waals surface area (Å²) in [5, 5.41) is 15.3. The molecule has 8 heteroatoms. The molecule has 3 N–H and O–H groups in total. The van der Waals surface area contributed by atoms with Crippen LogP contribution in [0, 0.1) is 24.1 Å². The first-order valence-electron chi connectivity index (χ1n) is 12.7. The van der Waals surface area contributed by atoms with Crippen LogP contribution in [0.1, 0.15) is 69.6 Å². The number of phenols is 1. The Balaban J connectivity index is 0.000000214. The van der Waals surface area contributed by atoms with E-state index < -0.39 is 15.8 Å². The van der Waals surface area contributed by atoms with Crippen molar-refractivity contribution in [3.05, 3.63) is 58.9 Å². The maximum Gasteiger partial charge on any atom is 0.238 e. The molecule has 0 spiro atoms. The Bertz CT molecular complexity index is 1270. The van der Waals surface area contributed by atoms with Crippen LogP contribution < -0.4 is 5.14 Å². The molecule has 2 bridgehead atoms. The molecule has 3 aliphatic rings. The molecular formula is C28H37FN2O4S. The quantitative estimate of drug-likeness (QED) is 0.598. The number of sulfonamides is 1. The number of rotatable bonds is 2. The molecule has 0 radical (unpaired) electrons. The summed E-state index contributed by atoms with van der Waals surface area (Å²) in [5.74, 6) is 0.390. The SMILES string of the molecule is CC12CCN(C(=O)C3CCCC3)[C@H](Cc3c(O)cccc31)C2(C)C.Cc1ccc(F)cc1S(N)(=O)=O. The summed E-state index contributed by atoms with van der Waals surface area (Å²) < 4.78 is 34.2. The number of likely N-dealkylation sites (tertiary alicyclic amines) is 1. The van der Waals surface area contributed by atoms with E-state index in [-0.39, 0.29) is 27.7 Å². The minimum atomic E-state index is -3.80. The third-order valence-corrected chi connectivity index (χ3v) is 10.1. The topological polar surface area (TPSA) is 101 Å². The van der Waals surface area contributed by atoms with Gasteiger partial charge in [-0.2, -0.15) is 0 Å². The summed E-state index contributed by atoms with van der Waals surface area (Å²) in [6.07, 6.45) is 6.26. The molecule has 5 rings (SSSR count). The van der Waals surface area contributed by atoms with Gasteiger partial charge in [0.25, 0.3) is 0 Å². The molecule has 2 aromatic rings. The largest absolute Gasteiger partial charge is 0.508 e. The lowest BCUT2D eigenvalue weighted by Gasteiger charge is -2.61. The minimum absolute atomic E-state index is 0.0104. The number of hydrogen-bond donors (Lipinski definition) is 2. The van der Waals surface area contributed by atoms with Crippen LogP contribution in [0.3, 0.4) is 0 Å². The van der Waals surface area contributed by atoms with Crippen molar-refractivity contribution in [1.82, 2.24) is 4.90 Å². The van der Waals surface area contributed by atoms with E-state index in [2.05, 4.69) is 31.7 Å². The smallest absolute Gasteiger partial charge is 0.238 e. The molecule has 196 valence electrons. The van der Waals surface area contributed by atoms with Crippen molar-refractivity contribution in [2.75, 3.05) is 6.54 Å². The summed E-state index contributed by atoms with van der Waals surface area (Å²) in [6, 6.07) is 9.58. The van der Waals surface area contributed by atoms with Crippen LogP contribution in [-0.2, 0) is 26.7 Å². The number of aryl methyl sites for hydroxylation is 1. The van der Waals surface area contributed by atoms with Crippen LogP contribution in [0.15, 0.2) is 41.3 Å². The highest BCUT2D eigenvalue weighted by Crippen LogP contribution is 2.57. The maximum absolute atomic E-state index is 13.2. The molecular weight excluding hydrogens is 479 g/mol. The van der Waals surface area contributed by atoms with Gasteiger partial charge >= 0.3 is 0 Å². The maximum atomic E-state index is 13.2. The molecule has 0 aromatic heterocycles. The van der Waals surface area contributed by atoms with Gasteiger partial charge in [0.1, 0.15) is 11.6 Å². The Hall–Kier alpha value is -2.45. The summed E-state index contributed by atoms with van der Waals surface area (Å²) in [7, 11) is -3.80. The van der Waals surface area contributed by atoms with Crippen LogP contribution in [0.4, 0.5) is 4.39 Å². The van der Waals surface area contributed by atoms with Gasteiger partial charge in [0.2, 0.25) is 15.9 Å². The molecule has 1 saturated carbocycles. The van der Waals surface area contributed by atoms with E-state index in [1.165, 1.54) is 30.5 Å². The minimum Gasteiger partial charge on any atom is -0.508 e. The second-order valence-corrected chi connectivity index (χ2v) is 12.8. The molecule has 1 unspecified atom stereocenters. The van der Waals surface area contributed by atoms with Gasteiger partial charge in [-0.15, -0.1) is 0 Å². The standard InChI is InChI=1S/C21H29NO2.C7H8FNO2S/c1-20(2)18-13-15-16(9-6-10-17(15)23)21(20,3)11-12-22(18)19(24)14-7-4-5-8-14;1-5-2-3-6(8)4-7(5)12(9,10)11/h6,9-10,14,18,23H,4-5,7-8,11-13H2,1-3H3;2-4H,1H3,(H2,9,10,11)/t18-,21?;/m1./s1. The fourth-order valence-corrected chi connectivity index (χ4v) is 7.27. The van der Waals surface area contributed by atoms with Gasteiger partial charge in [-0.3, -0.25) is 4.79 Å². The predicted octanol–water partition coefficient (Wildman–Crippen LogP) is 4.80. The zero-order chi connectivity index (χ0) is 26.5. The zero-order valence-electron chi connectivity index (χ0n) is 21.6. The molecule has 2 atom stereocenters. The lowest BCUT2D eigenvalue weighted by molar-refractivity contribution is -0.148. The van der Waals surface area contributed by atoms with Gasteiger partial charge in [-0.1, -0.05) is 51.8 Å². The predicted molar refractivity (Wildman–Crippen MR) is 138 cm³/mol. The first-order chi connectivity index (χ1) is 16.8. The van der Waals surface area contributed by atoms with Gasteiger partial charge in [-0.05, 0) is 72.9 Å². The van der Waals surface area contributed by atoms with Gasteiger partial charge in [0, 0.05) is 23.9 Å². The van der Waals surface area contributed by atoms with E-state index in [4.69, 9.17) is 5.14 Å².